The largest absolute Gasteiger partial charge is 0.399 e. The molecule has 5 heteroatoms. The van der Waals surface area contributed by atoms with Crippen molar-refractivity contribution in [3.63, 3.8) is 0 Å². The number of nitrogens with zero attached hydrogens (tertiary/aromatic N) is 1. The van der Waals surface area contributed by atoms with E-state index in [2.05, 4.69) is 0 Å². The Bertz CT molecular complexity index is 756. The molecule has 4 nitrogen and oxygen atoms in total. The lowest BCUT2D eigenvalue weighted by molar-refractivity contribution is 0.0926. The smallest absolute Gasteiger partial charge is 0.267 e. The summed E-state index contributed by atoms with van der Waals surface area (Å²) in [6.45, 7) is 1.82. The monoisotopic (exact) mass is 286 g/mol. The Morgan fingerprint density at radius 3 is 2.55 bits per heavy atom. The van der Waals surface area contributed by atoms with Gasteiger partial charge >= 0.3 is 0 Å². The molecule has 2 N–H and O–H groups in total. The van der Waals surface area contributed by atoms with Crippen molar-refractivity contribution in [3.8, 4) is 0 Å². The molecule has 0 radical (unpaired) electrons. The highest BCUT2D eigenvalue weighted by Crippen LogP contribution is 2.34. The molecule has 2 amide bonds. The highest BCUT2D eigenvalue weighted by Gasteiger charge is 2.38. The second-order valence-electron chi connectivity index (χ2n) is 4.65. The van der Waals surface area contributed by atoms with Crippen LogP contribution in [0.15, 0.2) is 36.4 Å². The van der Waals surface area contributed by atoms with Crippen LogP contribution in [0.25, 0.3) is 0 Å². The first-order chi connectivity index (χ1) is 9.50. The maximum absolute atomic E-state index is 12.5. The Hall–Kier alpha value is -2.33. The van der Waals surface area contributed by atoms with Gasteiger partial charge in [-0.25, -0.2) is 4.90 Å². The number of hydrogen-bond acceptors (Lipinski definition) is 3. The van der Waals surface area contributed by atoms with E-state index in [4.69, 9.17) is 17.3 Å². The zero-order valence-electron chi connectivity index (χ0n) is 10.7. The molecule has 0 aromatic heterocycles. The summed E-state index contributed by atoms with van der Waals surface area (Å²) in [5, 5.41) is 0.282. The number of anilines is 2. The number of rotatable bonds is 1. The molecule has 0 aliphatic carbocycles. The minimum Gasteiger partial charge on any atom is -0.399 e. The SMILES string of the molecule is Cc1ccc(N)cc1N1C(=O)c2cccc(Cl)c2C1=O. The number of imide groups is 1. The highest BCUT2D eigenvalue weighted by atomic mass is 35.5. The fraction of sp³-hybridized carbons (Fsp3) is 0.0667. The van der Waals surface area contributed by atoms with Gasteiger partial charge in [0.2, 0.25) is 0 Å². The van der Waals surface area contributed by atoms with Gasteiger partial charge in [0.25, 0.3) is 11.8 Å². The molecule has 0 spiro atoms. The Kier molecular flexibility index (Phi) is 2.76. The number of hydrogen-bond donors (Lipinski definition) is 1. The van der Waals surface area contributed by atoms with Crippen molar-refractivity contribution in [2.45, 2.75) is 6.92 Å². The fourth-order valence-electron chi connectivity index (χ4n) is 2.33. The molecule has 3 rings (SSSR count). The number of amides is 2. The zero-order chi connectivity index (χ0) is 14.4. The molecular formula is C15H11ClN2O2. The predicted octanol–water partition coefficient (Wildman–Crippen LogP) is 3.03. The van der Waals surface area contributed by atoms with Gasteiger partial charge in [-0.3, -0.25) is 9.59 Å². The van der Waals surface area contributed by atoms with Crippen LogP contribution >= 0.6 is 11.6 Å². The molecule has 1 aliphatic heterocycles. The summed E-state index contributed by atoms with van der Waals surface area (Å²) in [5.74, 6) is -0.787. The minimum atomic E-state index is -0.413. The van der Waals surface area contributed by atoms with Crippen LogP contribution < -0.4 is 10.6 Å². The lowest BCUT2D eigenvalue weighted by atomic mass is 10.1. The Morgan fingerprint density at radius 2 is 1.85 bits per heavy atom. The van der Waals surface area contributed by atoms with Crippen LogP contribution in [0.1, 0.15) is 26.3 Å². The van der Waals surface area contributed by atoms with Crippen LogP contribution in [0.3, 0.4) is 0 Å². The fourth-order valence-corrected chi connectivity index (χ4v) is 2.59. The molecule has 100 valence electrons. The van der Waals surface area contributed by atoms with Crippen molar-refractivity contribution in [2.75, 3.05) is 10.6 Å². The molecular weight excluding hydrogens is 276 g/mol. The van der Waals surface area contributed by atoms with Crippen LogP contribution in [-0.4, -0.2) is 11.8 Å². The average molecular weight is 287 g/mol. The van der Waals surface area contributed by atoms with Crippen molar-refractivity contribution >= 4 is 34.8 Å². The normalized spacial score (nSPS) is 13.8. The predicted molar refractivity (Wildman–Crippen MR) is 78.2 cm³/mol. The van der Waals surface area contributed by atoms with Gasteiger partial charge in [0.15, 0.2) is 0 Å². The molecule has 0 saturated heterocycles. The second kappa shape index (κ2) is 4.35. The average Bonchev–Trinajstić information content (AvgIpc) is 2.66. The summed E-state index contributed by atoms with van der Waals surface area (Å²) in [6, 6.07) is 9.97. The molecule has 0 bridgehead atoms. The van der Waals surface area contributed by atoms with Gasteiger partial charge in [0.05, 0.1) is 21.8 Å². The molecule has 0 unspecified atom stereocenters. The van der Waals surface area contributed by atoms with Gasteiger partial charge in [-0.2, -0.15) is 0 Å². The summed E-state index contributed by atoms with van der Waals surface area (Å²) >= 11 is 6.03. The van der Waals surface area contributed by atoms with Gasteiger partial charge in [0, 0.05) is 5.69 Å². The number of halogens is 1. The van der Waals surface area contributed by atoms with E-state index in [0.717, 1.165) is 10.5 Å². The zero-order valence-corrected chi connectivity index (χ0v) is 11.4. The molecule has 0 saturated carbocycles. The second-order valence-corrected chi connectivity index (χ2v) is 5.06. The molecule has 1 aliphatic rings. The van der Waals surface area contributed by atoms with Gasteiger partial charge in [0.1, 0.15) is 0 Å². The maximum atomic E-state index is 12.5. The Morgan fingerprint density at radius 1 is 1.10 bits per heavy atom. The van der Waals surface area contributed by atoms with Gasteiger partial charge < -0.3 is 5.73 Å². The summed E-state index contributed by atoms with van der Waals surface area (Å²) in [5.41, 5.74) is 8.10. The van der Waals surface area contributed by atoms with E-state index in [1.165, 1.54) is 0 Å². The number of nitrogens with two attached hydrogens (primary N) is 1. The molecule has 0 atom stereocenters. The lowest BCUT2D eigenvalue weighted by Gasteiger charge is -2.17. The first-order valence-electron chi connectivity index (χ1n) is 6.04. The number of benzene rings is 2. The molecule has 2 aromatic carbocycles. The third-order valence-corrected chi connectivity index (χ3v) is 3.65. The van der Waals surface area contributed by atoms with Crippen LogP contribution in [0.5, 0.6) is 0 Å². The van der Waals surface area contributed by atoms with E-state index in [0.29, 0.717) is 16.9 Å². The van der Waals surface area contributed by atoms with Crippen LogP contribution in [0, 0.1) is 6.92 Å². The lowest BCUT2D eigenvalue weighted by Crippen LogP contribution is -2.30. The van der Waals surface area contributed by atoms with Crippen LogP contribution in [-0.2, 0) is 0 Å². The minimum absolute atomic E-state index is 0.251. The van der Waals surface area contributed by atoms with E-state index in [9.17, 15) is 9.59 Å². The van der Waals surface area contributed by atoms with E-state index in [-0.39, 0.29) is 16.5 Å². The number of fused-ring (bicyclic) bond motifs is 1. The van der Waals surface area contributed by atoms with Crippen molar-refractivity contribution in [3.05, 3.63) is 58.1 Å². The van der Waals surface area contributed by atoms with Crippen molar-refractivity contribution in [2.24, 2.45) is 0 Å². The standard InChI is InChI=1S/C15H11ClN2O2/c1-8-5-6-9(17)7-12(8)18-14(19)10-3-2-4-11(16)13(10)15(18)20/h2-7H,17H2,1H3. The summed E-state index contributed by atoms with van der Waals surface area (Å²) in [6.07, 6.45) is 0. The topological polar surface area (TPSA) is 63.4 Å². The first-order valence-corrected chi connectivity index (χ1v) is 6.42. The Labute approximate surface area is 120 Å². The van der Waals surface area contributed by atoms with Crippen LogP contribution in [0.4, 0.5) is 11.4 Å². The van der Waals surface area contributed by atoms with Gasteiger partial charge in [-0.1, -0.05) is 23.7 Å². The van der Waals surface area contributed by atoms with Crippen molar-refractivity contribution in [1.82, 2.24) is 0 Å². The van der Waals surface area contributed by atoms with E-state index < -0.39 is 5.91 Å². The van der Waals surface area contributed by atoms with E-state index >= 15 is 0 Å². The number of carbonyl (C=O) groups excluding carboxylic acids is 2. The third-order valence-electron chi connectivity index (χ3n) is 3.34. The molecule has 1 heterocycles. The van der Waals surface area contributed by atoms with E-state index in [1.54, 1.807) is 36.4 Å². The highest BCUT2D eigenvalue weighted by molar-refractivity contribution is 6.42. The van der Waals surface area contributed by atoms with Gasteiger partial charge in [-0.05, 0) is 36.8 Å². The third kappa shape index (κ3) is 1.69. The first kappa shape index (κ1) is 12.7. The maximum Gasteiger partial charge on any atom is 0.267 e. The number of nitrogen functional groups attached to an aromatic ring is 1. The van der Waals surface area contributed by atoms with Gasteiger partial charge in [-0.15, -0.1) is 0 Å². The molecule has 20 heavy (non-hydrogen) atoms. The Balaban J connectivity index is 2.19. The van der Waals surface area contributed by atoms with Crippen LogP contribution in [0.2, 0.25) is 5.02 Å². The van der Waals surface area contributed by atoms with Crippen molar-refractivity contribution in [1.29, 1.82) is 0 Å². The molecule has 0 fully saturated rings. The number of carbonyl (C=O) groups is 2. The summed E-state index contributed by atoms with van der Waals surface area (Å²) < 4.78 is 0. The summed E-state index contributed by atoms with van der Waals surface area (Å²) in [7, 11) is 0. The number of aryl methyl sites for hydroxylation is 1. The van der Waals surface area contributed by atoms with E-state index in [1.807, 2.05) is 6.92 Å². The van der Waals surface area contributed by atoms with Crippen molar-refractivity contribution < 1.29 is 9.59 Å². The summed E-state index contributed by atoms with van der Waals surface area (Å²) in [4.78, 5) is 26.0. The quantitative estimate of drug-likeness (QED) is 0.647. The molecule has 2 aromatic rings.